The lowest BCUT2D eigenvalue weighted by atomic mass is 10.3. The second-order valence-electron chi connectivity index (χ2n) is 3.15. The SMILES string of the molecule is CNC(=O)c1ccc(NCCOCCO)nn1. The number of nitrogens with zero attached hydrogens (tertiary/aromatic N) is 2. The largest absolute Gasteiger partial charge is 0.394 e. The van der Waals surface area contributed by atoms with Crippen LogP contribution in [0, 0.1) is 0 Å². The summed E-state index contributed by atoms with van der Waals surface area (Å²) in [7, 11) is 1.54. The third-order valence-corrected chi connectivity index (χ3v) is 1.91. The first-order chi connectivity index (χ1) is 8.27. The van der Waals surface area contributed by atoms with Crippen molar-refractivity contribution in [3.63, 3.8) is 0 Å². The van der Waals surface area contributed by atoms with Gasteiger partial charge in [-0.15, -0.1) is 10.2 Å². The minimum Gasteiger partial charge on any atom is -0.394 e. The number of nitrogens with one attached hydrogen (secondary N) is 2. The first-order valence-electron chi connectivity index (χ1n) is 5.26. The molecule has 0 fully saturated rings. The predicted octanol–water partition coefficient (Wildman–Crippen LogP) is -0.743. The molecule has 94 valence electrons. The van der Waals surface area contributed by atoms with Gasteiger partial charge in [-0.3, -0.25) is 4.79 Å². The fraction of sp³-hybridized carbons (Fsp3) is 0.500. The van der Waals surface area contributed by atoms with E-state index in [1.807, 2.05) is 0 Å². The molecule has 0 aliphatic heterocycles. The Morgan fingerprint density at radius 1 is 1.41 bits per heavy atom. The quantitative estimate of drug-likeness (QED) is 0.543. The smallest absolute Gasteiger partial charge is 0.271 e. The molecule has 0 spiro atoms. The van der Waals surface area contributed by atoms with Gasteiger partial charge < -0.3 is 20.5 Å². The van der Waals surface area contributed by atoms with Gasteiger partial charge in [0.25, 0.3) is 5.91 Å². The molecule has 1 heterocycles. The highest BCUT2D eigenvalue weighted by molar-refractivity contribution is 5.91. The molecule has 1 aromatic rings. The summed E-state index contributed by atoms with van der Waals surface area (Å²) < 4.78 is 5.06. The van der Waals surface area contributed by atoms with Gasteiger partial charge in [-0.2, -0.15) is 0 Å². The summed E-state index contributed by atoms with van der Waals surface area (Å²) in [4.78, 5) is 11.2. The summed E-state index contributed by atoms with van der Waals surface area (Å²) in [5, 5.41) is 21.5. The Kier molecular flexibility index (Phi) is 5.91. The summed E-state index contributed by atoms with van der Waals surface area (Å²) in [6, 6.07) is 3.26. The van der Waals surface area contributed by atoms with Crippen molar-refractivity contribution in [3.8, 4) is 0 Å². The van der Waals surface area contributed by atoms with E-state index in [1.54, 1.807) is 12.1 Å². The molecule has 7 heteroatoms. The van der Waals surface area contributed by atoms with E-state index in [1.165, 1.54) is 7.05 Å². The molecule has 1 aromatic heterocycles. The highest BCUT2D eigenvalue weighted by Gasteiger charge is 2.04. The first-order valence-corrected chi connectivity index (χ1v) is 5.26. The average Bonchev–Trinajstić information content (AvgIpc) is 2.38. The van der Waals surface area contributed by atoms with Crippen LogP contribution >= 0.6 is 0 Å². The van der Waals surface area contributed by atoms with Crippen molar-refractivity contribution in [2.75, 3.05) is 38.7 Å². The zero-order valence-electron chi connectivity index (χ0n) is 9.64. The van der Waals surface area contributed by atoms with E-state index in [-0.39, 0.29) is 18.2 Å². The number of aliphatic hydroxyl groups excluding tert-OH is 1. The van der Waals surface area contributed by atoms with E-state index in [0.29, 0.717) is 25.6 Å². The molecular formula is C10H16N4O3. The number of hydrogen-bond acceptors (Lipinski definition) is 6. The van der Waals surface area contributed by atoms with Gasteiger partial charge in [0.2, 0.25) is 0 Å². The maximum absolute atomic E-state index is 11.2. The van der Waals surface area contributed by atoms with Gasteiger partial charge in [-0.25, -0.2) is 0 Å². The van der Waals surface area contributed by atoms with Crippen LogP contribution < -0.4 is 10.6 Å². The van der Waals surface area contributed by atoms with E-state index in [9.17, 15) is 4.79 Å². The molecule has 1 amide bonds. The first kappa shape index (κ1) is 13.3. The Bertz CT molecular complexity index is 342. The molecule has 0 aliphatic carbocycles. The van der Waals surface area contributed by atoms with Gasteiger partial charge in [-0.1, -0.05) is 0 Å². The number of hydrogen-bond donors (Lipinski definition) is 3. The molecule has 1 rings (SSSR count). The number of carbonyl (C=O) groups is 1. The van der Waals surface area contributed by atoms with Crippen LogP contribution in [0.5, 0.6) is 0 Å². The van der Waals surface area contributed by atoms with Crippen LogP contribution in [0.15, 0.2) is 12.1 Å². The molecule has 0 aliphatic rings. The number of aliphatic hydroxyl groups is 1. The molecule has 0 saturated carbocycles. The molecule has 7 nitrogen and oxygen atoms in total. The van der Waals surface area contributed by atoms with E-state index in [0.717, 1.165) is 0 Å². The van der Waals surface area contributed by atoms with E-state index in [4.69, 9.17) is 9.84 Å². The van der Waals surface area contributed by atoms with Crippen molar-refractivity contribution in [1.29, 1.82) is 0 Å². The van der Waals surface area contributed by atoms with Crippen LogP contribution in [-0.2, 0) is 4.74 Å². The van der Waals surface area contributed by atoms with Gasteiger partial charge in [-0.05, 0) is 12.1 Å². The topological polar surface area (TPSA) is 96.4 Å². The molecule has 0 unspecified atom stereocenters. The molecule has 17 heavy (non-hydrogen) atoms. The highest BCUT2D eigenvalue weighted by Crippen LogP contribution is 2.01. The number of amides is 1. The van der Waals surface area contributed by atoms with E-state index < -0.39 is 0 Å². The van der Waals surface area contributed by atoms with Crippen LogP contribution in [0.4, 0.5) is 5.82 Å². The number of carbonyl (C=O) groups excluding carboxylic acids is 1. The minimum absolute atomic E-state index is 0.0145. The Hall–Kier alpha value is -1.73. The lowest BCUT2D eigenvalue weighted by molar-refractivity contribution is 0.0957. The van der Waals surface area contributed by atoms with Crippen LogP contribution in [-0.4, -0.2) is 54.6 Å². The number of rotatable bonds is 7. The highest BCUT2D eigenvalue weighted by atomic mass is 16.5. The lowest BCUT2D eigenvalue weighted by Crippen LogP contribution is -2.20. The normalized spacial score (nSPS) is 10.0. The third kappa shape index (κ3) is 4.75. The maximum atomic E-state index is 11.2. The minimum atomic E-state index is -0.268. The molecular weight excluding hydrogens is 224 g/mol. The van der Waals surface area contributed by atoms with Gasteiger partial charge in [0.15, 0.2) is 5.69 Å². The summed E-state index contributed by atoms with van der Waals surface area (Å²) in [5.41, 5.74) is 0.273. The fourth-order valence-electron chi connectivity index (χ4n) is 1.09. The Morgan fingerprint density at radius 2 is 2.24 bits per heavy atom. The summed E-state index contributed by atoms with van der Waals surface area (Å²) in [5.74, 6) is 0.306. The number of anilines is 1. The van der Waals surface area contributed by atoms with Crippen LogP contribution in [0.25, 0.3) is 0 Å². The van der Waals surface area contributed by atoms with Gasteiger partial charge in [0.05, 0.1) is 19.8 Å². The van der Waals surface area contributed by atoms with Crippen molar-refractivity contribution in [2.45, 2.75) is 0 Å². The monoisotopic (exact) mass is 240 g/mol. The zero-order chi connectivity index (χ0) is 12.5. The lowest BCUT2D eigenvalue weighted by Gasteiger charge is -2.05. The Morgan fingerprint density at radius 3 is 2.82 bits per heavy atom. The Labute approximate surface area is 99.2 Å². The number of aromatic nitrogens is 2. The van der Waals surface area contributed by atoms with Crippen LogP contribution in [0.2, 0.25) is 0 Å². The molecule has 0 aromatic carbocycles. The molecule has 0 bridgehead atoms. The van der Waals surface area contributed by atoms with Crippen LogP contribution in [0.3, 0.4) is 0 Å². The van der Waals surface area contributed by atoms with Crippen molar-refractivity contribution >= 4 is 11.7 Å². The van der Waals surface area contributed by atoms with Crippen molar-refractivity contribution in [3.05, 3.63) is 17.8 Å². The standard InChI is InChI=1S/C10H16N4O3/c1-11-10(16)8-2-3-9(14-13-8)12-4-6-17-7-5-15/h2-3,15H,4-7H2,1H3,(H,11,16)(H,12,14). The van der Waals surface area contributed by atoms with Crippen LogP contribution in [0.1, 0.15) is 10.5 Å². The van der Waals surface area contributed by atoms with Crippen molar-refractivity contribution in [2.24, 2.45) is 0 Å². The molecule has 0 radical (unpaired) electrons. The van der Waals surface area contributed by atoms with Crippen molar-refractivity contribution in [1.82, 2.24) is 15.5 Å². The third-order valence-electron chi connectivity index (χ3n) is 1.91. The average molecular weight is 240 g/mol. The van der Waals surface area contributed by atoms with Gasteiger partial charge in [0.1, 0.15) is 5.82 Å². The second kappa shape index (κ2) is 7.53. The predicted molar refractivity (Wildman–Crippen MR) is 61.8 cm³/mol. The maximum Gasteiger partial charge on any atom is 0.271 e. The zero-order valence-corrected chi connectivity index (χ0v) is 9.64. The van der Waals surface area contributed by atoms with Gasteiger partial charge in [0, 0.05) is 13.6 Å². The van der Waals surface area contributed by atoms with Gasteiger partial charge >= 0.3 is 0 Å². The molecule has 0 atom stereocenters. The summed E-state index contributed by atoms with van der Waals surface area (Å²) in [6.07, 6.45) is 0. The number of ether oxygens (including phenoxy) is 1. The second-order valence-corrected chi connectivity index (χ2v) is 3.15. The molecule has 0 saturated heterocycles. The fourth-order valence-corrected chi connectivity index (χ4v) is 1.09. The van der Waals surface area contributed by atoms with Crippen molar-refractivity contribution < 1.29 is 14.6 Å². The van der Waals surface area contributed by atoms with E-state index in [2.05, 4.69) is 20.8 Å². The summed E-state index contributed by atoms with van der Waals surface area (Å²) >= 11 is 0. The van der Waals surface area contributed by atoms with E-state index >= 15 is 0 Å². The summed E-state index contributed by atoms with van der Waals surface area (Å²) in [6.45, 7) is 1.37. The molecule has 3 N–H and O–H groups in total. The Balaban J connectivity index is 2.33.